The molecule has 0 spiro atoms. The van der Waals surface area contributed by atoms with E-state index in [4.69, 9.17) is 10.5 Å². The molecule has 1 aromatic heterocycles. The normalized spacial score (nSPS) is 10.9. The Labute approximate surface area is 139 Å². The Morgan fingerprint density at radius 1 is 1.19 bits per heavy atom. The fourth-order valence-corrected chi connectivity index (χ4v) is 2.49. The number of halogens is 1. The van der Waals surface area contributed by atoms with Gasteiger partial charge in [0.25, 0.3) is 0 Å². The van der Waals surface area contributed by atoms with Crippen LogP contribution in [0, 0.1) is 9.49 Å². The van der Waals surface area contributed by atoms with Crippen LogP contribution in [0.15, 0.2) is 24.3 Å². The van der Waals surface area contributed by atoms with Crippen molar-refractivity contribution in [3.8, 4) is 17.1 Å². The summed E-state index contributed by atoms with van der Waals surface area (Å²) >= 11 is 2.22. The minimum absolute atomic E-state index is 0.529. The fourth-order valence-electron chi connectivity index (χ4n) is 2.03. The van der Waals surface area contributed by atoms with Crippen molar-refractivity contribution in [1.29, 1.82) is 0 Å². The topological polar surface area (TPSA) is 61.0 Å². The summed E-state index contributed by atoms with van der Waals surface area (Å²) in [6.07, 6.45) is 0.898. The summed E-state index contributed by atoms with van der Waals surface area (Å²) < 4.78 is 6.40. The predicted molar refractivity (Wildman–Crippen MR) is 94.3 cm³/mol. The van der Waals surface area contributed by atoms with Crippen LogP contribution in [-0.4, -0.2) is 16.6 Å². The lowest BCUT2D eigenvalue weighted by atomic mass is 10.1. The molecule has 1 heterocycles. The summed E-state index contributed by atoms with van der Waals surface area (Å²) in [4.78, 5) is 9.08. The molecule has 0 saturated carbocycles. The molecule has 2 N–H and O–H groups in total. The summed E-state index contributed by atoms with van der Waals surface area (Å²) in [5, 5.41) is 0. The molecule has 0 unspecified atom stereocenters. The van der Waals surface area contributed by atoms with Crippen LogP contribution in [-0.2, 0) is 6.42 Å². The van der Waals surface area contributed by atoms with E-state index >= 15 is 0 Å². The van der Waals surface area contributed by atoms with Gasteiger partial charge in [0.2, 0.25) is 0 Å². The van der Waals surface area contributed by atoms with E-state index in [1.807, 2.05) is 31.2 Å². The predicted octanol–water partition coefficient (Wildman–Crippen LogP) is 3.93. The van der Waals surface area contributed by atoms with E-state index < -0.39 is 0 Å². The maximum absolute atomic E-state index is 6.03. The molecule has 0 amide bonds. The lowest BCUT2D eigenvalue weighted by Crippen LogP contribution is -2.07. The van der Waals surface area contributed by atoms with Gasteiger partial charge < -0.3 is 10.5 Å². The highest BCUT2D eigenvalue weighted by molar-refractivity contribution is 14.1. The smallest absolute Gasteiger partial charge is 0.161 e. The van der Waals surface area contributed by atoms with E-state index in [1.54, 1.807) is 0 Å². The van der Waals surface area contributed by atoms with Gasteiger partial charge in [-0.3, -0.25) is 0 Å². The first-order chi connectivity index (χ1) is 10.0. The molecule has 0 fully saturated rings. The van der Waals surface area contributed by atoms with Crippen molar-refractivity contribution in [3.05, 3.63) is 33.5 Å². The molecular weight excluding hydrogens is 377 g/mol. The molecule has 21 heavy (non-hydrogen) atoms. The Bertz CT molecular complexity index is 612. The third kappa shape index (κ3) is 4.06. The van der Waals surface area contributed by atoms with Gasteiger partial charge in [0, 0.05) is 5.56 Å². The number of hydrogen-bond acceptors (Lipinski definition) is 4. The number of nitrogens with two attached hydrogens (primary N) is 1. The third-order valence-electron chi connectivity index (χ3n) is 2.97. The highest BCUT2D eigenvalue weighted by atomic mass is 127. The second kappa shape index (κ2) is 7.06. The van der Waals surface area contributed by atoms with Gasteiger partial charge in [-0.05, 0) is 66.1 Å². The van der Waals surface area contributed by atoms with Crippen LogP contribution in [0.5, 0.6) is 5.75 Å². The summed E-state index contributed by atoms with van der Waals surface area (Å²) in [5.74, 6) is 2.60. The van der Waals surface area contributed by atoms with Crippen LogP contribution < -0.4 is 10.5 Å². The first-order valence-corrected chi connectivity index (χ1v) is 8.14. The van der Waals surface area contributed by atoms with Gasteiger partial charge in [0.1, 0.15) is 11.6 Å². The van der Waals surface area contributed by atoms with E-state index in [1.165, 1.54) is 0 Å². The first kappa shape index (κ1) is 16.0. The largest absolute Gasteiger partial charge is 0.494 e. The Balaban J connectivity index is 2.36. The van der Waals surface area contributed by atoms with Crippen molar-refractivity contribution in [2.45, 2.75) is 27.2 Å². The van der Waals surface area contributed by atoms with Gasteiger partial charge in [0.05, 0.1) is 15.9 Å². The standard InChI is InChI=1S/C16H20IN3O/c1-4-21-12-7-5-11(6-8-12)16-19-13(9-10(2)3)14(17)15(18)20-16/h5-8,10H,4,9H2,1-3H3,(H2,18,19,20). The van der Waals surface area contributed by atoms with Crippen LogP contribution in [0.3, 0.4) is 0 Å². The molecule has 0 aliphatic heterocycles. The van der Waals surface area contributed by atoms with E-state index in [0.717, 1.165) is 27.0 Å². The van der Waals surface area contributed by atoms with Crippen molar-refractivity contribution in [2.75, 3.05) is 12.3 Å². The monoisotopic (exact) mass is 397 g/mol. The quantitative estimate of drug-likeness (QED) is 0.777. The molecule has 2 rings (SSSR count). The number of rotatable bonds is 5. The number of benzene rings is 1. The first-order valence-electron chi connectivity index (χ1n) is 7.06. The fraction of sp³-hybridized carbons (Fsp3) is 0.375. The highest BCUT2D eigenvalue weighted by Gasteiger charge is 2.12. The van der Waals surface area contributed by atoms with Crippen LogP contribution in [0.2, 0.25) is 0 Å². The zero-order chi connectivity index (χ0) is 15.4. The SMILES string of the molecule is CCOc1ccc(-c2nc(N)c(I)c(CC(C)C)n2)cc1. The maximum atomic E-state index is 6.03. The second-order valence-corrected chi connectivity index (χ2v) is 6.33. The number of anilines is 1. The van der Waals surface area contributed by atoms with Crippen LogP contribution >= 0.6 is 22.6 Å². The second-order valence-electron chi connectivity index (χ2n) is 5.25. The van der Waals surface area contributed by atoms with Gasteiger partial charge in [-0.2, -0.15) is 0 Å². The van der Waals surface area contributed by atoms with Crippen LogP contribution in [0.25, 0.3) is 11.4 Å². The highest BCUT2D eigenvalue weighted by Crippen LogP contribution is 2.25. The van der Waals surface area contributed by atoms with Crippen LogP contribution in [0.1, 0.15) is 26.5 Å². The van der Waals surface area contributed by atoms with Crippen molar-refractivity contribution in [1.82, 2.24) is 9.97 Å². The minimum Gasteiger partial charge on any atom is -0.494 e. The van der Waals surface area contributed by atoms with Crippen molar-refractivity contribution >= 4 is 28.4 Å². The Hall–Kier alpha value is -1.37. The number of nitrogen functional groups attached to an aromatic ring is 1. The molecule has 0 aliphatic rings. The molecule has 0 bridgehead atoms. The maximum Gasteiger partial charge on any atom is 0.161 e. The third-order valence-corrected chi connectivity index (χ3v) is 4.15. The molecule has 1 aromatic carbocycles. The van der Waals surface area contributed by atoms with Crippen molar-refractivity contribution in [2.24, 2.45) is 5.92 Å². The Morgan fingerprint density at radius 2 is 1.86 bits per heavy atom. The van der Waals surface area contributed by atoms with Crippen LogP contribution in [0.4, 0.5) is 5.82 Å². The van der Waals surface area contributed by atoms with E-state index in [0.29, 0.717) is 24.2 Å². The minimum atomic E-state index is 0.529. The van der Waals surface area contributed by atoms with Gasteiger partial charge >= 0.3 is 0 Å². The van der Waals surface area contributed by atoms with E-state index in [-0.39, 0.29) is 0 Å². The summed E-state index contributed by atoms with van der Waals surface area (Å²) in [5.41, 5.74) is 8.00. The molecule has 0 atom stereocenters. The zero-order valence-electron chi connectivity index (χ0n) is 12.6. The van der Waals surface area contributed by atoms with E-state index in [9.17, 15) is 0 Å². The number of hydrogen-bond donors (Lipinski definition) is 1. The molecule has 0 radical (unpaired) electrons. The molecule has 2 aromatic rings. The number of aromatic nitrogens is 2. The average Bonchev–Trinajstić information content (AvgIpc) is 2.44. The van der Waals surface area contributed by atoms with E-state index in [2.05, 4.69) is 46.4 Å². The number of ether oxygens (including phenoxy) is 1. The average molecular weight is 397 g/mol. The summed E-state index contributed by atoms with van der Waals surface area (Å²) in [6, 6.07) is 7.79. The molecule has 0 saturated heterocycles. The lowest BCUT2D eigenvalue weighted by Gasteiger charge is -2.11. The molecule has 112 valence electrons. The lowest BCUT2D eigenvalue weighted by molar-refractivity contribution is 0.340. The van der Waals surface area contributed by atoms with Crippen molar-refractivity contribution in [3.63, 3.8) is 0 Å². The molecule has 5 heteroatoms. The molecular formula is C16H20IN3O. The Morgan fingerprint density at radius 3 is 2.43 bits per heavy atom. The number of nitrogens with zero attached hydrogens (tertiary/aromatic N) is 2. The zero-order valence-corrected chi connectivity index (χ0v) is 14.7. The molecule has 4 nitrogen and oxygen atoms in total. The summed E-state index contributed by atoms with van der Waals surface area (Å²) in [7, 11) is 0. The van der Waals surface area contributed by atoms with Gasteiger partial charge in [-0.1, -0.05) is 13.8 Å². The van der Waals surface area contributed by atoms with Gasteiger partial charge in [-0.15, -0.1) is 0 Å². The van der Waals surface area contributed by atoms with Gasteiger partial charge in [0.15, 0.2) is 5.82 Å². The van der Waals surface area contributed by atoms with Crippen molar-refractivity contribution < 1.29 is 4.74 Å². The van der Waals surface area contributed by atoms with Gasteiger partial charge in [-0.25, -0.2) is 9.97 Å². The summed E-state index contributed by atoms with van der Waals surface area (Å²) in [6.45, 7) is 6.97. The molecule has 0 aliphatic carbocycles. The Kier molecular flexibility index (Phi) is 5.39.